The van der Waals surface area contributed by atoms with E-state index in [2.05, 4.69) is 12.1 Å². The van der Waals surface area contributed by atoms with Crippen molar-refractivity contribution < 1.29 is 9.90 Å². The summed E-state index contributed by atoms with van der Waals surface area (Å²) < 4.78 is 0. The smallest absolute Gasteiger partial charge is 0.233 e. The predicted molar refractivity (Wildman–Crippen MR) is 73.8 cm³/mol. The number of carbonyl (C=O) groups excluding carboxylic acids is 1. The molecule has 1 aliphatic heterocycles. The van der Waals surface area contributed by atoms with Gasteiger partial charge in [-0.3, -0.25) is 4.79 Å². The first-order valence-corrected chi connectivity index (χ1v) is 7.25. The summed E-state index contributed by atoms with van der Waals surface area (Å²) in [5.41, 5.74) is 0.890. The molecular formula is C16H21NO2. The lowest BCUT2D eigenvalue weighted by Crippen LogP contribution is -2.53. The number of hydrogen-bond donors (Lipinski definition) is 1. The molecule has 1 aliphatic carbocycles. The Morgan fingerprint density at radius 1 is 1.16 bits per heavy atom. The number of aliphatic hydroxyl groups excluding tert-OH is 1. The number of likely N-dealkylation sites (tertiary alicyclic amines) is 1. The number of piperidine rings is 1. The normalized spacial score (nSPS) is 22.9. The highest BCUT2D eigenvalue weighted by Crippen LogP contribution is 2.45. The molecule has 1 aromatic rings. The molecule has 1 amide bonds. The van der Waals surface area contributed by atoms with Gasteiger partial charge in [-0.05, 0) is 31.2 Å². The van der Waals surface area contributed by atoms with Crippen LogP contribution in [0.5, 0.6) is 0 Å². The molecule has 1 heterocycles. The van der Waals surface area contributed by atoms with E-state index in [9.17, 15) is 9.90 Å². The van der Waals surface area contributed by atoms with Crippen LogP contribution in [0.15, 0.2) is 30.3 Å². The van der Waals surface area contributed by atoms with Gasteiger partial charge >= 0.3 is 0 Å². The van der Waals surface area contributed by atoms with Crippen molar-refractivity contribution in [3.05, 3.63) is 35.9 Å². The monoisotopic (exact) mass is 259 g/mol. The van der Waals surface area contributed by atoms with Crippen LogP contribution in [0.4, 0.5) is 0 Å². The molecule has 1 saturated carbocycles. The number of carbonyl (C=O) groups is 1. The van der Waals surface area contributed by atoms with E-state index in [-0.39, 0.29) is 17.4 Å². The third kappa shape index (κ3) is 2.16. The third-order valence-electron chi connectivity index (χ3n) is 4.69. The second kappa shape index (κ2) is 4.97. The van der Waals surface area contributed by atoms with Gasteiger partial charge < -0.3 is 10.0 Å². The van der Waals surface area contributed by atoms with Crippen LogP contribution in [0, 0.1) is 0 Å². The molecule has 0 radical (unpaired) electrons. The van der Waals surface area contributed by atoms with Gasteiger partial charge in [-0.1, -0.05) is 36.8 Å². The first kappa shape index (κ1) is 12.7. The van der Waals surface area contributed by atoms with Crippen LogP contribution in [0.1, 0.15) is 37.7 Å². The number of aliphatic hydroxyl groups is 1. The lowest BCUT2D eigenvalue weighted by Gasteiger charge is -2.45. The average Bonchev–Trinajstić information content (AvgIpc) is 2.39. The zero-order valence-electron chi connectivity index (χ0n) is 11.2. The zero-order chi connectivity index (χ0) is 13.3. The molecule has 0 spiro atoms. The van der Waals surface area contributed by atoms with Crippen molar-refractivity contribution in [1.29, 1.82) is 0 Å². The fraction of sp³-hybridized carbons (Fsp3) is 0.562. The Kier molecular flexibility index (Phi) is 3.31. The molecule has 0 aromatic heterocycles. The van der Waals surface area contributed by atoms with E-state index in [0.29, 0.717) is 13.1 Å². The maximum Gasteiger partial charge on any atom is 0.233 e. The first-order chi connectivity index (χ1) is 9.22. The van der Waals surface area contributed by atoms with Crippen LogP contribution in [-0.4, -0.2) is 35.1 Å². The van der Waals surface area contributed by atoms with E-state index in [4.69, 9.17) is 0 Å². The van der Waals surface area contributed by atoms with Gasteiger partial charge in [-0.25, -0.2) is 0 Å². The van der Waals surface area contributed by atoms with E-state index in [1.54, 1.807) is 0 Å². The molecule has 102 valence electrons. The highest BCUT2D eigenvalue weighted by Gasteiger charge is 2.47. The summed E-state index contributed by atoms with van der Waals surface area (Å²) >= 11 is 0. The number of benzene rings is 1. The van der Waals surface area contributed by atoms with Crippen LogP contribution in [0.3, 0.4) is 0 Å². The van der Waals surface area contributed by atoms with Gasteiger partial charge in [0.1, 0.15) is 0 Å². The molecule has 3 rings (SSSR count). The van der Waals surface area contributed by atoms with E-state index in [0.717, 1.165) is 37.7 Å². The highest BCUT2D eigenvalue weighted by molar-refractivity contribution is 5.89. The summed E-state index contributed by atoms with van der Waals surface area (Å²) in [5.74, 6) is 0.275. The van der Waals surface area contributed by atoms with Gasteiger partial charge in [0.25, 0.3) is 0 Å². The molecule has 0 unspecified atom stereocenters. The molecule has 1 aromatic carbocycles. The van der Waals surface area contributed by atoms with Crippen LogP contribution < -0.4 is 0 Å². The summed E-state index contributed by atoms with van der Waals surface area (Å²) in [6.07, 6.45) is 4.28. The highest BCUT2D eigenvalue weighted by atomic mass is 16.3. The molecule has 0 atom stereocenters. The van der Waals surface area contributed by atoms with Crippen molar-refractivity contribution in [2.45, 2.75) is 43.6 Å². The van der Waals surface area contributed by atoms with Crippen molar-refractivity contribution >= 4 is 5.91 Å². The predicted octanol–water partition coefficient (Wildman–Crippen LogP) is 2.09. The molecule has 2 fully saturated rings. The Bertz CT molecular complexity index is 445. The van der Waals surface area contributed by atoms with Crippen molar-refractivity contribution in [2.75, 3.05) is 13.1 Å². The topological polar surface area (TPSA) is 40.5 Å². The number of hydrogen-bond acceptors (Lipinski definition) is 2. The summed E-state index contributed by atoms with van der Waals surface area (Å²) in [7, 11) is 0. The SMILES string of the molecule is O=C(N1CCC(O)CC1)C1(c2ccccc2)CCC1. The fourth-order valence-corrected chi connectivity index (χ4v) is 3.29. The lowest BCUT2D eigenvalue weighted by molar-refractivity contribution is -0.143. The Labute approximate surface area is 114 Å². The van der Waals surface area contributed by atoms with Gasteiger partial charge in [0.2, 0.25) is 5.91 Å². The molecule has 3 heteroatoms. The van der Waals surface area contributed by atoms with E-state index >= 15 is 0 Å². The quantitative estimate of drug-likeness (QED) is 0.883. The maximum atomic E-state index is 12.9. The van der Waals surface area contributed by atoms with Crippen LogP contribution in [0.2, 0.25) is 0 Å². The Morgan fingerprint density at radius 3 is 2.32 bits per heavy atom. The maximum absolute atomic E-state index is 12.9. The van der Waals surface area contributed by atoms with E-state index in [1.807, 2.05) is 23.1 Å². The summed E-state index contributed by atoms with van der Waals surface area (Å²) in [6, 6.07) is 10.2. The fourth-order valence-electron chi connectivity index (χ4n) is 3.29. The van der Waals surface area contributed by atoms with E-state index in [1.165, 1.54) is 0 Å². The van der Waals surface area contributed by atoms with E-state index < -0.39 is 0 Å². The van der Waals surface area contributed by atoms with Gasteiger partial charge in [0.15, 0.2) is 0 Å². The lowest BCUT2D eigenvalue weighted by atomic mass is 9.63. The van der Waals surface area contributed by atoms with Crippen molar-refractivity contribution in [3.63, 3.8) is 0 Å². The molecule has 1 saturated heterocycles. The second-order valence-electron chi connectivity index (χ2n) is 5.83. The van der Waals surface area contributed by atoms with Gasteiger partial charge in [0, 0.05) is 13.1 Å². The standard InChI is InChI=1S/C16H21NO2/c18-14-7-11-17(12-8-14)15(19)16(9-4-10-16)13-5-2-1-3-6-13/h1-3,5-6,14,18H,4,7-12H2. The Morgan fingerprint density at radius 2 is 1.79 bits per heavy atom. The van der Waals surface area contributed by atoms with Crippen LogP contribution in [0.25, 0.3) is 0 Å². The molecule has 19 heavy (non-hydrogen) atoms. The summed E-state index contributed by atoms with van der Waals surface area (Å²) in [6.45, 7) is 1.41. The summed E-state index contributed by atoms with van der Waals surface area (Å²) in [4.78, 5) is 14.8. The Balaban J connectivity index is 1.81. The molecule has 3 nitrogen and oxygen atoms in total. The number of rotatable bonds is 2. The number of amides is 1. The van der Waals surface area contributed by atoms with Crippen LogP contribution in [-0.2, 0) is 10.2 Å². The minimum absolute atomic E-state index is 0.224. The molecule has 0 bridgehead atoms. The minimum Gasteiger partial charge on any atom is -0.393 e. The van der Waals surface area contributed by atoms with Gasteiger partial charge in [-0.15, -0.1) is 0 Å². The molecular weight excluding hydrogens is 238 g/mol. The minimum atomic E-state index is -0.274. The van der Waals surface area contributed by atoms with Crippen molar-refractivity contribution in [1.82, 2.24) is 4.90 Å². The first-order valence-electron chi connectivity index (χ1n) is 7.25. The molecule has 1 N–H and O–H groups in total. The van der Waals surface area contributed by atoms with Crippen molar-refractivity contribution in [2.24, 2.45) is 0 Å². The Hall–Kier alpha value is -1.35. The third-order valence-corrected chi connectivity index (χ3v) is 4.69. The molecule has 2 aliphatic rings. The van der Waals surface area contributed by atoms with Crippen molar-refractivity contribution in [3.8, 4) is 0 Å². The average molecular weight is 259 g/mol. The second-order valence-corrected chi connectivity index (χ2v) is 5.83. The zero-order valence-corrected chi connectivity index (χ0v) is 11.2. The van der Waals surface area contributed by atoms with Gasteiger partial charge in [0.05, 0.1) is 11.5 Å². The number of nitrogens with zero attached hydrogens (tertiary/aromatic N) is 1. The van der Waals surface area contributed by atoms with Crippen LogP contribution >= 0.6 is 0 Å². The largest absolute Gasteiger partial charge is 0.393 e. The summed E-state index contributed by atoms with van der Waals surface area (Å²) in [5, 5.41) is 9.56. The van der Waals surface area contributed by atoms with Gasteiger partial charge in [-0.2, -0.15) is 0 Å².